The molecule has 0 aromatic heterocycles. The van der Waals surface area contributed by atoms with Crippen molar-refractivity contribution in [3.63, 3.8) is 0 Å². The average Bonchev–Trinajstić information content (AvgIpc) is 2.88. The molecule has 0 aromatic carbocycles. The first-order valence-corrected chi connectivity index (χ1v) is 8.97. The van der Waals surface area contributed by atoms with Crippen molar-refractivity contribution >= 4 is 6.03 Å². The van der Waals surface area contributed by atoms with Gasteiger partial charge >= 0.3 is 6.03 Å². The lowest BCUT2D eigenvalue weighted by Crippen LogP contribution is -2.50. The highest BCUT2D eigenvalue weighted by molar-refractivity contribution is 5.74. The molecule has 5 nitrogen and oxygen atoms in total. The maximum atomic E-state index is 12.1. The minimum Gasteiger partial charge on any atom is -0.381 e. The molecule has 0 aromatic rings. The lowest BCUT2D eigenvalue weighted by molar-refractivity contribution is 0.00624. The number of unbranched alkanes of at least 4 members (excludes halogenated alkanes) is 1. The van der Waals surface area contributed by atoms with Crippen molar-refractivity contribution in [2.75, 3.05) is 39.9 Å². The lowest BCUT2D eigenvalue weighted by Gasteiger charge is -2.39. The largest absolute Gasteiger partial charge is 0.381 e. The van der Waals surface area contributed by atoms with Crippen LogP contribution in [0.3, 0.4) is 0 Å². The molecule has 1 aliphatic carbocycles. The van der Waals surface area contributed by atoms with Crippen LogP contribution in [0.1, 0.15) is 51.9 Å². The quantitative estimate of drug-likeness (QED) is 0.759. The third-order valence-corrected chi connectivity index (χ3v) is 5.37. The van der Waals surface area contributed by atoms with Crippen molar-refractivity contribution in [2.45, 2.75) is 57.9 Å². The van der Waals surface area contributed by atoms with Crippen LogP contribution in [0.15, 0.2) is 0 Å². The van der Waals surface area contributed by atoms with E-state index < -0.39 is 0 Å². The lowest BCUT2D eigenvalue weighted by atomic mass is 9.75. The number of rotatable bonds is 7. The number of carbonyl (C=O) groups excluding carboxylic acids is 1. The summed E-state index contributed by atoms with van der Waals surface area (Å²) >= 11 is 0. The molecular formula is C17H33N3O2. The highest BCUT2D eigenvalue weighted by Gasteiger charge is 2.44. The third kappa shape index (κ3) is 4.85. The van der Waals surface area contributed by atoms with Gasteiger partial charge in [-0.1, -0.05) is 19.8 Å². The molecule has 0 radical (unpaired) electrons. The van der Waals surface area contributed by atoms with E-state index in [0.29, 0.717) is 11.5 Å². The summed E-state index contributed by atoms with van der Waals surface area (Å²) in [6.07, 6.45) is 8.20. The van der Waals surface area contributed by atoms with Gasteiger partial charge in [-0.25, -0.2) is 4.79 Å². The molecule has 1 aliphatic heterocycles. The Morgan fingerprint density at radius 3 is 2.77 bits per heavy atom. The SMILES string of the molecule is CCCCN(C)CCNC(=O)N[C@@H]1CCCC12CCOCC2. The van der Waals surface area contributed by atoms with E-state index in [0.717, 1.165) is 52.1 Å². The van der Waals surface area contributed by atoms with E-state index in [1.165, 1.54) is 25.7 Å². The van der Waals surface area contributed by atoms with E-state index in [1.54, 1.807) is 0 Å². The molecule has 1 heterocycles. The Bertz CT molecular complexity index is 343. The van der Waals surface area contributed by atoms with E-state index >= 15 is 0 Å². The molecule has 22 heavy (non-hydrogen) atoms. The summed E-state index contributed by atoms with van der Waals surface area (Å²) in [5.41, 5.74) is 0.299. The van der Waals surface area contributed by atoms with Crippen LogP contribution < -0.4 is 10.6 Å². The second kappa shape index (κ2) is 8.73. The van der Waals surface area contributed by atoms with Crippen LogP contribution in [0.4, 0.5) is 4.79 Å². The van der Waals surface area contributed by atoms with Crippen LogP contribution in [-0.4, -0.2) is 56.9 Å². The predicted molar refractivity (Wildman–Crippen MR) is 89.1 cm³/mol. The van der Waals surface area contributed by atoms with E-state index in [-0.39, 0.29) is 6.03 Å². The molecule has 0 unspecified atom stereocenters. The van der Waals surface area contributed by atoms with Crippen molar-refractivity contribution in [3.05, 3.63) is 0 Å². The van der Waals surface area contributed by atoms with Gasteiger partial charge in [0, 0.05) is 32.3 Å². The van der Waals surface area contributed by atoms with Crippen LogP contribution >= 0.6 is 0 Å². The van der Waals surface area contributed by atoms with E-state index in [9.17, 15) is 4.79 Å². The summed E-state index contributed by atoms with van der Waals surface area (Å²) in [6, 6.07) is 0.330. The summed E-state index contributed by atoms with van der Waals surface area (Å²) in [7, 11) is 2.11. The van der Waals surface area contributed by atoms with E-state index in [2.05, 4.69) is 29.5 Å². The van der Waals surface area contributed by atoms with Gasteiger partial charge in [-0.15, -0.1) is 0 Å². The molecule has 0 bridgehead atoms. The first-order chi connectivity index (χ1) is 10.7. The first-order valence-electron chi connectivity index (χ1n) is 8.97. The molecule has 128 valence electrons. The van der Waals surface area contributed by atoms with Crippen molar-refractivity contribution in [3.8, 4) is 0 Å². The van der Waals surface area contributed by atoms with Gasteiger partial charge in [0.05, 0.1) is 0 Å². The maximum Gasteiger partial charge on any atom is 0.315 e. The fraction of sp³-hybridized carbons (Fsp3) is 0.941. The number of ether oxygens (including phenoxy) is 1. The Hall–Kier alpha value is -0.810. The van der Waals surface area contributed by atoms with Gasteiger partial charge < -0.3 is 20.3 Å². The molecular weight excluding hydrogens is 278 g/mol. The monoisotopic (exact) mass is 311 g/mol. The standard InChI is InChI=1S/C17H33N3O2/c1-3-4-11-20(2)12-10-18-16(21)19-15-6-5-7-17(15)8-13-22-14-9-17/h15H,3-14H2,1-2H3,(H2,18,19,21)/t15-/m1/s1. The van der Waals surface area contributed by atoms with Crippen LogP contribution in [0, 0.1) is 5.41 Å². The molecule has 2 rings (SSSR count). The van der Waals surface area contributed by atoms with Crippen molar-refractivity contribution in [2.24, 2.45) is 5.41 Å². The number of hydrogen-bond donors (Lipinski definition) is 2. The van der Waals surface area contributed by atoms with Crippen LogP contribution in [0.25, 0.3) is 0 Å². The van der Waals surface area contributed by atoms with E-state index in [4.69, 9.17) is 4.74 Å². The summed E-state index contributed by atoms with van der Waals surface area (Å²) in [5, 5.41) is 6.25. The molecule has 1 atom stereocenters. The Labute approximate surface area is 135 Å². The van der Waals surface area contributed by atoms with Crippen molar-refractivity contribution in [1.29, 1.82) is 0 Å². The van der Waals surface area contributed by atoms with Crippen LogP contribution in [-0.2, 0) is 4.74 Å². The summed E-state index contributed by atoms with van der Waals surface area (Å²) in [6.45, 7) is 6.63. The Balaban J connectivity index is 1.68. The second-order valence-corrected chi connectivity index (χ2v) is 6.98. The predicted octanol–water partition coefficient (Wildman–Crippen LogP) is 2.37. The summed E-state index contributed by atoms with van der Waals surface area (Å²) in [4.78, 5) is 14.4. The Morgan fingerprint density at radius 1 is 1.27 bits per heavy atom. The normalized spacial score (nSPS) is 23.9. The van der Waals surface area contributed by atoms with Gasteiger partial charge in [0.15, 0.2) is 0 Å². The molecule has 2 fully saturated rings. The maximum absolute atomic E-state index is 12.1. The highest BCUT2D eigenvalue weighted by Crippen LogP contribution is 2.45. The number of carbonyl (C=O) groups is 1. The number of likely N-dealkylation sites (N-methyl/N-ethyl adjacent to an activating group) is 1. The smallest absolute Gasteiger partial charge is 0.315 e. The molecule has 1 saturated carbocycles. The Morgan fingerprint density at radius 2 is 2.05 bits per heavy atom. The van der Waals surface area contributed by atoms with Crippen LogP contribution in [0.2, 0.25) is 0 Å². The molecule has 5 heteroatoms. The summed E-state index contributed by atoms with van der Waals surface area (Å²) < 4.78 is 5.50. The number of nitrogens with one attached hydrogen (secondary N) is 2. The molecule has 2 aliphatic rings. The summed E-state index contributed by atoms with van der Waals surface area (Å²) in [5.74, 6) is 0. The molecule has 2 amide bonds. The fourth-order valence-corrected chi connectivity index (χ4v) is 3.85. The van der Waals surface area contributed by atoms with Gasteiger partial charge in [-0.3, -0.25) is 0 Å². The minimum atomic E-state index is 0.00154. The fourth-order valence-electron chi connectivity index (χ4n) is 3.85. The zero-order valence-corrected chi connectivity index (χ0v) is 14.3. The average molecular weight is 311 g/mol. The van der Waals surface area contributed by atoms with Gasteiger partial charge in [0.1, 0.15) is 0 Å². The number of nitrogens with zero attached hydrogens (tertiary/aromatic N) is 1. The Kier molecular flexibility index (Phi) is 6.96. The first kappa shape index (κ1) is 17.5. The highest BCUT2D eigenvalue weighted by atomic mass is 16.5. The van der Waals surface area contributed by atoms with Crippen molar-refractivity contribution in [1.82, 2.24) is 15.5 Å². The third-order valence-electron chi connectivity index (χ3n) is 5.37. The number of hydrogen-bond acceptors (Lipinski definition) is 3. The van der Waals surface area contributed by atoms with Gasteiger partial charge in [-0.05, 0) is 51.1 Å². The zero-order valence-electron chi connectivity index (χ0n) is 14.3. The topological polar surface area (TPSA) is 53.6 Å². The second-order valence-electron chi connectivity index (χ2n) is 6.98. The van der Waals surface area contributed by atoms with E-state index in [1.807, 2.05) is 0 Å². The van der Waals surface area contributed by atoms with Gasteiger partial charge in [-0.2, -0.15) is 0 Å². The van der Waals surface area contributed by atoms with Gasteiger partial charge in [0.2, 0.25) is 0 Å². The molecule has 1 saturated heterocycles. The van der Waals surface area contributed by atoms with Gasteiger partial charge in [0.25, 0.3) is 0 Å². The van der Waals surface area contributed by atoms with Crippen molar-refractivity contribution < 1.29 is 9.53 Å². The minimum absolute atomic E-state index is 0.00154. The van der Waals surface area contributed by atoms with Crippen LogP contribution in [0.5, 0.6) is 0 Å². The molecule has 1 spiro atoms. The zero-order chi connectivity index (χ0) is 15.8. The molecule has 2 N–H and O–H groups in total. The number of urea groups is 1. The number of amides is 2.